The van der Waals surface area contributed by atoms with Crippen LogP contribution < -0.4 is 0 Å². The van der Waals surface area contributed by atoms with Gasteiger partial charge in [-0.2, -0.15) is 10.5 Å². The molecule has 0 N–H and O–H groups in total. The lowest BCUT2D eigenvalue weighted by molar-refractivity contribution is 0.928. The van der Waals surface area contributed by atoms with Gasteiger partial charge < -0.3 is 9.13 Å². The molecule has 0 radical (unpaired) electrons. The zero-order valence-electron chi connectivity index (χ0n) is 41.5. The van der Waals surface area contributed by atoms with Crippen LogP contribution in [0.2, 0.25) is 0 Å². The van der Waals surface area contributed by atoms with Crippen molar-refractivity contribution >= 4 is 43.6 Å². The first-order valence-electron chi connectivity index (χ1n) is 23.8. The molecule has 6 aromatic heterocycles. The van der Waals surface area contributed by atoms with Crippen LogP contribution in [0.1, 0.15) is 57.7 Å². The summed E-state index contributed by atoms with van der Waals surface area (Å²) in [6, 6.07) is 41.3. The molecule has 354 valence electrons. The second-order valence-corrected chi connectivity index (χ2v) is 18.3. The van der Waals surface area contributed by atoms with Gasteiger partial charge in [0.05, 0.1) is 45.1 Å². The van der Waals surface area contributed by atoms with Crippen LogP contribution in [0.4, 0.5) is 0 Å². The monoisotopic (exact) mass is 962 g/mol. The molecule has 0 unspecified atom stereocenters. The minimum atomic E-state index is 0.352. The van der Waals surface area contributed by atoms with Gasteiger partial charge in [0.1, 0.15) is 58.2 Å². The van der Waals surface area contributed by atoms with E-state index in [1.807, 2.05) is 110 Å². The van der Waals surface area contributed by atoms with Crippen molar-refractivity contribution in [1.82, 2.24) is 68.9 Å². The molecule has 12 rings (SSSR count). The Morgan fingerprint density at radius 1 is 0.324 bits per heavy atom. The van der Waals surface area contributed by atoms with E-state index in [-0.39, 0.29) is 0 Å². The molecule has 0 aliphatic rings. The average molecular weight is 963 g/mol. The molecule has 16 nitrogen and oxygen atoms in total. The highest BCUT2D eigenvalue weighted by Crippen LogP contribution is 2.43. The van der Waals surface area contributed by atoms with Gasteiger partial charge >= 0.3 is 0 Å². The highest BCUT2D eigenvalue weighted by atomic mass is 15.1. The van der Waals surface area contributed by atoms with E-state index in [9.17, 15) is 10.5 Å². The largest absolute Gasteiger partial charge is 0.308 e. The lowest BCUT2D eigenvalue weighted by Gasteiger charge is -2.19. The third-order valence-corrected chi connectivity index (χ3v) is 13.1. The number of rotatable bonds is 7. The van der Waals surface area contributed by atoms with E-state index in [0.29, 0.717) is 104 Å². The average Bonchev–Trinajstić information content (AvgIpc) is 3.89. The van der Waals surface area contributed by atoms with E-state index in [0.717, 1.165) is 65.9 Å². The van der Waals surface area contributed by atoms with Crippen LogP contribution in [0.3, 0.4) is 0 Å². The van der Waals surface area contributed by atoms with Crippen molar-refractivity contribution < 1.29 is 0 Å². The van der Waals surface area contributed by atoms with Crippen molar-refractivity contribution in [2.75, 3.05) is 0 Å². The molecule has 16 heteroatoms. The Balaban J connectivity index is 1.25. The van der Waals surface area contributed by atoms with Crippen molar-refractivity contribution in [3.63, 3.8) is 0 Å². The van der Waals surface area contributed by atoms with Crippen LogP contribution in [-0.2, 0) is 0 Å². The van der Waals surface area contributed by atoms with Crippen LogP contribution in [0, 0.1) is 78.1 Å². The number of aryl methyl sites for hydroxylation is 8. The Morgan fingerprint density at radius 3 is 0.905 bits per heavy atom. The summed E-state index contributed by atoms with van der Waals surface area (Å²) in [5, 5.41) is 26.4. The zero-order chi connectivity index (χ0) is 51.1. The third kappa shape index (κ3) is 7.69. The van der Waals surface area contributed by atoms with Crippen LogP contribution >= 0.6 is 0 Å². The standard InChI is InChI=1S/C58H42N16/c1-29-61-30(2)66-55(65-29)37-13-17-44-45-18-14-38(56-67-31(3)62-32(4)68-56)22-50(45)73(49(44)21-37)53-25-42(43-12-10-9-11-41(43)27-59)26-54(48(53)28-60)74-51-23-39(57-69-33(5)63-34(6)70-57)15-19-46(51)47-20-16-40(24-52(47)74)58-71-35(7)64-36(8)72-58/h9-26H,1-8H3. The smallest absolute Gasteiger partial charge is 0.163 e. The number of nitriles is 2. The second-order valence-electron chi connectivity index (χ2n) is 18.3. The van der Waals surface area contributed by atoms with Gasteiger partial charge in [-0.05, 0) is 109 Å². The van der Waals surface area contributed by atoms with Crippen molar-refractivity contribution in [1.29, 1.82) is 10.5 Å². The van der Waals surface area contributed by atoms with Crippen molar-refractivity contribution in [2.24, 2.45) is 0 Å². The number of benzene rings is 6. The van der Waals surface area contributed by atoms with E-state index in [1.54, 1.807) is 6.07 Å². The lowest BCUT2D eigenvalue weighted by Crippen LogP contribution is -2.06. The first kappa shape index (κ1) is 45.1. The fourth-order valence-electron chi connectivity index (χ4n) is 10.2. The Labute approximate surface area is 423 Å². The molecular weight excluding hydrogens is 921 g/mol. The number of fused-ring (bicyclic) bond motifs is 6. The fourth-order valence-corrected chi connectivity index (χ4v) is 10.2. The highest BCUT2D eigenvalue weighted by molar-refractivity contribution is 6.13. The lowest BCUT2D eigenvalue weighted by atomic mass is 9.96. The van der Waals surface area contributed by atoms with Crippen molar-refractivity contribution in [2.45, 2.75) is 55.4 Å². The summed E-state index contributed by atoms with van der Waals surface area (Å²) in [5.74, 6) is 6.86. The van der Waals surface area contributed by atoms with Crippen molar-refractivity contribution in [3.8, 4) is 80.2 Å². The molecule has 74 heavy (non-hydrogen) atoms. The van der Waals surface area contributed by atoms with Gasteiger partial charge in [-0.3, -0.25) is 0 Å². The SMILES string of the molecule is Cc1nc(C)nc(-c2ccc3c4ccc(-c5nc(C)nc(C)n5)cc4n(-c4cc(-c5ccccc5C#N)cc(-n5c6cc(-c7nc(C)nc(C)n7)ccc6c6ccc(-c7nc(C)nc(C)n7)cc65)c4C#N)c3c2)n1. The molecule has 0 aliphatic carbocycles. The maximum absolute atomic E-state index is 12.0. The minimum absolute atomic E-state index is 0.352. The van der Waals surface area contributed by atoms with Crippen LogP contribution in [0.5, 0.6) is 0 Å². The van der Waals surface area contributed by atoms with E-state index in [1.165, 1.54) is 0 Å². The molecule has 0 saturated heterocycles. The molecule has 0 aliphatic heterocycles. The summed E-state index contributed by atoms with van der Waals surface area (Å²) >= 11 is 0. The van der Waals surface area contributed by atoms with E-state index >= 15 is 0 Å². The Morgan fingerprint density at radius 2 is 0.622 bits per heavy atom. The minimum Gasteiger partial charge on any atom is -0.308 e. The van der Waals surface area contributed by atoms with Gasteiger partial charge in [0, 0.05) is 43.8 Å². The Hall–Kier alpha value is -10.1. The maximum atomic E-state index is 12.0. The number of hydrogen-bond donors (Lipinski definition) is 0. The number of hydrogen-bond acceptors (Lipinski definition) is 14. The van der Waals surface area contributed by atoms with Gasteiger partial charge in [-0.15, -0.1) is 0 Å². The summed E-state index contributed by atoms with van der Waals surface area (Å²) in [4.78, 5) is 55.9. The molecule has 0 amide bonds. The van der Waals surface area contributed by atoms with E-state index < -0.39 is 0 Å². The maximum Gasteiger partial charge on any atom is 0.163 e. The number of nitrogens with zero attached hydrogens (tertiary/aromatic N) is 16. The van der Waals surface area contributed by atoms with Gasteiger partial charge in [0.25, 0.3) is 0 Å². The molecular formula is C58H42N16. The Kier molecular flexibility index (Phi) is 10.6. The molecule has 6 aromatic carbocycles. The first-order chi connectivity index (χ1) is 35.8. The summed E-state index contributed by atoms with van der Waals surface area (Å²) in [6.45, 7) is 14.8. The van der Waals surface area contributed by atoms with E-state index in [2.05, 4.69) is 89.7 Å². The molecule has 12 aromatic rings. The summed E-state index contributed by atoms with van der Waals surface area (Å²) in [5.41, 5.74) is 9.52. The molecule has 0 fully saturated rings. The molecule has 0 atom stereocenters. The molecule has 0 saturated carbocycles. The summed E-state index contributed by atoms with van der Waals surface area (Å²) in [6.07, 6.45) is 0. The normalized spacial score (nSPS) is 11.5. The van der Waals surface area contributed by atoms with Gasteiger partial charge in [0.2, 0.25) is 0 Å². The van der Waals surface area contributed by atoms with Crippen molar-refractivity contribution in [3.05, 3.63) is 167 Å². The third-order valence-electron chi connectivity index (χ3n) is 13.1. The summed E-state index contributed by atoms with van der Waals surface area (Å²) < 4.78 is 4.25. The van der Waals surface area contributed by atoms with Crippen LogP contribution in [0.25, 0.3) is 112 Å². The molecule has 6 heterocycles. The quantitative estimate of drug-likeness (QED) is 0.145. The summed E-state index contributed by atoms with van der Waals surface area (Å²) in [7, 11) is 0. The molecule has 0 bridgehead atoms. The van der Waals surface area contributed by atoms with Crippen LogP contribution in [-0.4, -0.2) is 68.9 Å². The van der Waals surface area contributed by atoms with Gasteiger partial charge in [-0.25, -0.2) is 59.8 Å². The second kappa shape index (κ2) is 17.4. The zero-order valence-corrected chi connectivity index (χ0v) is 41.5. The first-order valence-corrected chi connectivity index (χ1v) is 23.8. The van der Waals surface area contributed by atoms with Gasteiger partial charge in [0.15, 0.2) is 23.3 Å². The van der Waals surface area contributed by atoms with Crippen LogP contribution in [0.15, 0.2) is 109 Å². The topological polar surface area (TPSA) is 212 Å². The predicted octanol–water partition coefficient (Wildman–Crippen LogP) is 11.2. The fraction of sp³-hybridized carbons (Fsp3) is 0.138. The predicted molar refractivity (Wildman–Crippen MR) is 283 cm³/mol. The Bertz CT molecular complexity index is 3910. The number of aromatic nitrogens is 14. The highest BCUT2D eigenvalue weighted by Gasteiger charge is 2.25. The van der Waals surface area contributed by atoms with E-state index in [4.69, 9.17) is 39.9 Å². The van der Waals surface area contributed by atoms with Gasteiger partial charge in [-0.1, -0.05) is 66.7 Å². The molecule has 0 spiro atoms.